The molecule has 1 aromatic carbocycles. The summed E-state index contributed by atoms with van der Waals surface area (Å²) in [4.78, 5) is 8.90. The lowest BCUT2D eigenvalue weighted by Crippen LogP contribution is -2.37. The number of nitrogens with one attached hydrogen (secondary N) is 1. The Labute approximate surface area is 141 Å². The van der Waals surface area contributed by atoms with Crippen molar-refractivity contribution in [2.24, 2.45) is 11.7 Å². The van der Waals surface area contributed by atoms with E-state index < -0.39 is 0 Å². The first-order chi connectivity index (χ1) is 11.9. The van der Waals surface area contributed by atoms with Gasteiger partial charge in [-0.3, -0.25) is 0 Å². The number of fused-ring (bicyclic) bond motifs is 1. The molecule has 2 unspecified atom stereocenters. The number of para-hydroxylation sites is 1. The van der Waals surface area contributed by atoms with Crippen LogP contribution in [0.25, 0.3) is 16.7 Å². The van der Waals surface area contributed by atoms with Crippen LogP contribution in [0.4, 0.5) is 5.82 Å². The minimum atomic E-state index is 0.377. The van der Waals surface area contributed by atoms with E-state index in [1.807, 2.05) is 41.2 Å². The van der Waals surface area contributed by atoms with E-state index in [4.69, 9.17) is 5.73 Å². The van der Waals surface area contributed by atoms with E-state index in [0.717, 1.165) is 35.5 Å². The van der Waals surface area contributed by atoms with Gasteiger partial charge in [0, 0.05) is 6.04 Å². The lowest BCUT2D eigenvalue weighted by molar-refractivity contribution is 0.332. The summed E-state index contributed by atoms with van der Waals surface area (Å²) in [5, 5.41) is 9.06. The van der Waals surface area contributed by atoms with Crippen molar-refractivity contribution in [3.8, 4) is 5.69 Å². The smallest absolute Gasteiger partial charge is 0.168 e. The standard InChI is InChI=1S/C18H22N6/c19-10-13-6-4-5-9-16(13)23-17-15-11-22-24(18(15)21-12-20-17)14-7-2-1-3-8-14/h1-3,7-8,11-13,16H,4-6,9-10,19H2,(H,20,21,23). The second kappa shape index (κ2) is 6.57. The highest BCUT2D eigenvalue weighted by atomic mass is 15.3. The SMILES string of the molecule is NCC1CCCCC1Nc1ncnc2c1cnn2-c1ccccc1. The summed E-state index contributed by atoms with van der Waals surface area (Å²) >= 11 is 0. The van der Waals surface area contributed by atoms with Crippen molar-refractivity contribution >= 4 is 16.9 Å². The molecule has 4 rings (SSSR count). The molecule has 124 valence electrons. The molecule has 1 saturated carbocycles. The molecular formula is C18H22N6. The van der Waals surface area contributed by atoms with Gasteiger partial charge in [-0.1, -0.05) is 31.0 Å². The fraction of sp³-hybridized carbons (Fsp3) is 0.389. The molecule has 1 fully saturated rings. The van der Waals surface area contributed by atoms with Crippen molar-refractivity contribution in [1.29, 1.82) is 0 Å². The number of benzene rings is 1. The number of hydrogen-bond acceptors (Lipinski definition) is 5. The highest BCUT2D eigenvalue weighted by Crippen LogP contribution is 2.28. The molecule has 0 radical (unpaired) electrons. The van der Waals surface area contributed by atoms with Crippen LogP contribution in [0, 0.1) is 5.92 Å². The second-order valence-electron chi connectivity index (χ2n) is 6.38. The van der Waals surface area contributed by atoms with E-state index in [1.165, 1.54) is 19.3 Å². The van der Waals surface area contributed by atoms with Crippen molar-refractivity contribution < 1.29 is 0 Å². The molecule has 3 N–H and O–H groups in total. The van der Waals surface area contributed by atoms with Gasteiger partial charge in [-0.15, -0.1) is 0 Å². The Bertz CT molecular complexity index is 813. The number of rotatable bonds is 4. The summed E-state index contributed by atoms with van der Waals surface area (Å²) in [6.07, 6.45) is 8.28. The first kappa shape index (κ1) is 15.1. The van der Waals surface area contributed by atoms with E-state index in [2.05, 4.69) is 20.4 Å². The Morgan fingerprint density at radius 2 is 1.96 bits per heavy atom. The van der Waals surface area contributed by atoms with Gasteiger partial charge in [-0.25, -0.2) is 14.6 Å². The maximum Gasteiger partial charge on any atom is 0.168 e. The quantitative estimate of drug-likeness (QED) is 0.772. The topological polar surface area (TPSA) is 81.7 Å². The molecule has 6 heteroatoms. The summed E-state index contributed by atoms with van der Waals surface area (Å²) in [5.41, 5.74) is 7.76. The summed E-state index contributed by atoms with van der Waals surface area (Å²) in [7, 11) is 0. The Morgan fingerprint density at radius 1 is 1.12 bits per heavy atom. The molecule has 2 atom stereocenters. The third-order valence-electron chi connectivity index (χ3n) is 4.90. The van der Waals surface area contributed by atoms with Crippen LogP contribution >= 0.6 is 0 Å². The van der Waals surface area contributed by atoms with Gasteiger partial charge in [0.1, 0.15) is 12.1 Å². The van der Waals surface area contributed by atoms with Crippen LogP contribution in [0.5, 0.6) is 0 Å². The van der Waals surface area contributed by atoms with Crippen LogP contribution in [0.3, 0.4) is 0 Å². The molecule has 1 aliphatic rings. The predicted molar refractivity (Wildman–Crippen MR) is 95.1 cm³/mol. The molecule has 3 aromatic rings. The minimum Gasteiger partial charge on any atom is -0.366 e. The van der Waals surface area contributed by atoms with Gasteiger partial charge < -0.3 is 11.1 Å². The van der Waals surface area contributed by atoms with E-state index in [0.29, 0.717) is 12.0 Å². The zero-order valence-corrected chi connectivity index (χ0v) is 13.6. The average molecular weight is 322 g/mol. The normalized spacial score (nSPS) is 21.0. The van der Waals surface area contributed by atoms with E-state index in [1.54, 1.807) is 6.33 Å². The summed E-state index contributed by atoms with van der Waals surface area (Å²) < 4.78 is 1.85. The fourth-order valence-corrected chi connectivity index (χ4v) is 3.57. The zero-order chi connectivity index (χ0) is 16.4. The molecule has 1 aliphatic carbocycles. The van der Waals surface area contributed by atoms with Crippen molar-refractivity contribution in [3.63, 3.8) is 0 Å². The van der Waals surface area contributed by atoms with Gasteiger partial charge in [0.15, 0.2) is 5.65 Å². The molecule has 2 heterocycles. The lowest BCUT2D eigenvalue weighted by atomic mass is 9.84. The Balaban J connectivity index is 1.68. The van der Waals surface area contributed by atoms with Crippen molar-refractivity contribution in [1.82, 2.24) is 19.7 Å². The largest absolute Gasteiger partial charge is 0.366 e. The minimum absolute atomic E-state index is 0.377. The molecule has 2 aromatic heterocycles. The molecule has 0 spiro atoms. The van der Waals surface area contributed by atoms with Gasteiger partial charge in [0.2, 0.25) is 0 Å². The number of hydrogen-bond donors (Lipinski definition) is 2. The number of nitrogens with zero attached hydrogens (tertiary/aromatic N) is 4. The van der Waals surface area contributed by atoms with Gasteiger partial charge >= 0.3 is 0 Å². The van der Waals surface area contributed by atoms with Gasteiger partial charge in [-0.2, -0.15) is 5.10 Å². The van der Waals surface area contributed by atoms with Crippen LogP contribution in [-0.2, 0) is 0 Å². The number of aromatic nitrogens is 4. The first-order valence-corrected chi connectivity index (χ1v) is 8.57. The molecule has 24 heavy (non-hydrogen) atoms. The van der Waals surface area contributed by atoms with Gasteiger partial charge in [0.25, 0.3) is 0 Å². The Kier molecular flexibility index (Phi) is 4.13. The average Bonchev–Trinajstić information content (AvgIpc) is 3.08. The third-order valence-corrected chi connectivity index (χ3v) is 4.90. The molecule has 0 amide bonds. The van der Waals surface area contributed by atoms with Gasteiger partial charge in [0.05, 0.1) is 17.3 Å². The summed E-state index contributed by atoms with van der Waals surface area (Å²) in [6, 6.07) is 10.4. The highest BCUT2D eigenvalue weighted by Gasteiger charge is 2.25. The van der Waals surface area contributed by atoms with Crippen molar-refractivity contribution in [2.75, 3.05) is 11.9 Å². The maximum absolute atomic E-state index is 5.95. The van der Waals surface area contributed by atoms with Crippen LogP contribution in [0.1, 0.15) is 25.7 Å². The third kappa shape index (κ3) is 2.73. The van der Waals surface area contributed by atoms with Gasteiger partial charge in [-0.05, 0) is 37.4 Å². The molecule has 0 saturated heterocycles. The molecule has 0 aliphatic heterocycles. The van der Waals surface area contributed by atoms with Crippen molar-refractivity contribution in [3.05, 3.63) is 42.9 Å². The monoisotopic (exact) mass is 322 g/mol. The van der Waals surface area contributed by atoms with Crippen LogP contribution in [0.2, 0.25) is 0 Å². The fourth-order valence-electron chi connectivity index (χ4n) is 3.57. The number of anilines is 1. The second-order valence-corrected chi connectivity index (χ2v) is 6.38. The summed E-state index contributed by atoms with van der Waals surface area (Å²) in [5.74, 6) is 1.36. The first-order valence-electron chi connectivity index (χ1n) is 8.57. The van der Waals surface area contributed by atoms with Crippen LogP contribution in [0.15, 0.2) is 42.9 Å². The molecular weight excluding hydrogens is 300 g/mol. The Hall–Kier alpha value is -2.47. The van der Waals surface area contributed by atoms with Crippen molar-refractivity contribution in [2.45, 2.75) is 31.7 Å². The van der Waals surface area contributed by atoms with Crippen LogP contribution < -0.4 is 11.1 Å². The number of nitrogens with two attached hydrogens (primary N) is 1. The molecule has 0 bridgehead atoms. The van der Waals surface area contributed by atoms with Crippen LogP contribution in [-0.4, -0.2) is 32.3 Å². The van der Waals surface area contributed by atoms with E-state index >= 15 is 0 Å². The Morgan fingerprint density at radius 3 is 2.79 bits per heavy atom. The summed E-state index contributed by atoms with van der Waals surface area (Å²) in [6.45, 7) is 0.717. The lowest BCUT2D eigenvalue weighted by Gasteiger charge is -2.31. The van der Waals surface area contributed by atoms with E-state index in [-0.39, 0.29) is 0 Å². The molecule has 6 nitrogen and oxygen atoms in total. The zero-order valence-electron chi connectivity index (χ0n) is 13.6. The van der Waals surface area contributed by atoms with E-state index in [9.17, 15) is 0 Å². The maximum atomic E-state index is 5.95. The predicted octanol–water partition coefficient (Wildman–Crippen LogP) is 2.74. The highest BCUT2D eigenvalue weighted by molar-refractivity contribution is 5.87.